The van der Waals surface area contributed by atoms with Gasteiger partial charge in [0.15, 0.2) is 0 Å². The van der Waals surface area contributed by atoms with Gasteiger partial charge < -0.3 is 24.8 Å². The summed E-state index contributed by atoms with van der Waals surface area (Å²) in [6.07, 6.45) is 13.2. The normalized spacial score (nSPS) is 15.2. The van der Waals surface area contributed by atoms with Crippen LogP contribution in [0, 0.1) is 0 Å². The van der Waals surface area contributed by atoms with Crippen molar-refractivity contribution in [2.45, 2.75) is 38.0 Å². The molecule has 4 rings (SSSR count). The van der Waals surface area contributed by atoms with Crippen molar-refractivity contribution >= 4 is 0 Å². The topological polar surface area (TPSA) is 0 Å². The molecule has 0 spiro atoms. The molecule has 0 saturated carbocycles. The first-order valence-electron chi connectivity index (χ1n) is 8.92. The van der Waals surface area contributed by atoms with Gasteiger partial charge in [0.2, 0.25) is 0 Å². The summed E-state index contributed by atoms with van der Waals surface area (Å²) >= 11 is 0. The Morgan fingerprint density at radius 2 is 1.78 bits per heavy atom. The van der Waals surface area contributed by atoms with E-state index in [1.165, 1.54) is 33.4 Å². The Labute approximate surface area is 194 Å². The van der Waals surface area contributed by atoms with Gasteiger partial charge in [0, 0.05) is 5.41 Å². The van der Waals surface area contributed by atoms with E-state index in [0.717, 1.165) is 25.7 Å². The van der Waals surface area contributed by atoms with Gasteiger partial charge in [0.05, 0.1) is 0 Å². The molecule has 0 N–H and O–H groups in total. The molecule has 0 fully saturated rings. The number of fused-ring (bicyclic) bond motifs is 3. The molecule has 1 unspecified atom stereocenters. The second-order valence-corrected chi connectivity index (χ2v) is 7.15. The van der Waals surface area contributed by atoms with Crippen LogP contribution in [0.4, 0.5) is 0 Å². The Hall–Kier alpha value is -0.890. The third-order valence-electron chi connectivity index (χ3n) is 5.77. The molecule has 0 aromatic heterocycles. The van der Waals surface area contributed by atoms with Gasteiger partial charge in [-0.1, -0.05) is 79.3 Å². The molecule has 2 aliphatic carbocycles. The molecule has 136 valence electrons. The van der Waals surface area contributed by atoms with Gasteiger partial charge in [-0.25, -0.2) is 0 Å². The van der Waals surface area contributed by atoms with Crippen LogP contribution < -0.4 is 24.8 Å². The van der Waals surface area contributed by atoms with Crippen molar-refractivity contribution in [2.75, 3.05) is 0 Å². The first-order valence-corrected chi connectivity index (χ1v) is 8.92. The fourth-order valence-electron chi connectivity index (χ4n) is 4.39. The van der Waals surface area contributed by atoms with Gasteiger partial charge in [-0.15, -0.1) is 6.58 Å². The van der Waals surface area contributed by atoms with Crippen LogP contribution in [-0.2, 0) is 37.7 Å². The van der Waals surface area contributed by atoms with E-state index in [9.17, 15) is 0 Å². The minimum atomic E-state index is 0. The quantitative estimate of drug-likeness (QED) is 0.312. The molecule has 2 aromatic carbocycles. The molecule has 0 radical (unpaired) electrons. The Balaban J connectivity index is 0.00000121. The van der Waals surface area contributed by atoms with Crippen LogP contribution in [-0.4, -0.2) is 0 Å². The molecule has 0 saturated heterocycles. The molecule has 0 amide bonds. The van der Waals surface area contributed by atoms with Crippen LogP contribution in [0.5, 0.6) is 0 Å². The third kappa shape index (κ3) is 4.26. The van der Waals surface area contributed by atoms with Crippen LogP contribution in [0.2, 0.25) is 0 Å². The van der Waals surface area contributed by atoms with E-state index in [1.54, 1.807) is 0 Å². The van der Waals surface area contributed by atoms with E-state index in [-0.39, 0.29) is 56.1 Å². The summed E-state index contributed by atoms with van der Waals surface area (Å²) in [5, 5.41) is 0. The number of hydrogen-bond donors (Lipinski definition) is 0. The summed E-state index contributed by atoms with van der Waals surface area (Å²) in [6.45, 7) is 6.38. The summed E-state index contributed by atoms with van der Waals surface area (Å²) < 4.78 is 0. The van der Waals surface area contributed by atoms with E-state index in [2.05, 4.69) is 80.3 Å². The summed E-state index contributed by atoms with van der Waals surface area (Å²) in [4.78, 5) is 0. The zero-order valence-corrected chi connectivity index (χ0v) is 20.7. The first kappa shape index (κ1) is 24.1. The van der Waals surface area contributed by atoms with E-state index >= 15 is 0 Å². The third-order valence-corrected chi connectivity index (χ3v) is 5.77. The van der Waals surface area contributed by atoms with Crippen molar-refractivity contribution in [3.05, 3.63) is 95.6 Å². The number of hydrogen-bond acceptors (Lipinski definition) is 0. The number of allylic oxidation sites excluding steroid dienone is 5. The maximum absolute atomic E-state index is 3.95. The number of benzene rings is 2. The van der Waals surface area contributed by atoms with E-state index in [1.807, 2.05) is 0 Å². The first-order chi connectivity index (χ1) is 11.7. The maximum atomic E-state index is 3.95. The van der Waals surface area contributed by atoms with Crippen LogP contribution >= 0.6 is 0 Å². The summed E-state index contributed by atoms with van der Waals surface area (Å²) in [7, 11) is 0. The number of halogens is 2. The van der Waals surface area contributed by atoms with Crippen molar-refractivity contribution in [2.24, 2.45) is 0 Å². The molecule has 1 atom stereocenters. The van der Waals surface area contributed by atoms with Gasteiger partial charge >= 0.3 is 25.8 Å². The fourth-order valence-corrected chi connectivity index (χ4v) is 4.39. The minimum absolute atomic E-state index is 0. The molecule has 0 aliphatic heterocycles. The summed E-state index contributed by atoms with van der Waals surface area (Å²) in [5.74, 6) is 0. The Morgan fingerprint density at radius 1 is 1.04 bits per heavy atom. The van der Waals surface area contributed by atoms with Crippen LogP contribution in [0.25, 0.3) is 11.1 Å². The van der Waals surface area contributed by atoms with Gasteiger partial charge in [0.25, 0.3) is 0 Å². The molecule has 0 nitrogen and oxygen atoms in total. The van der Waals surface area contributed by atoms with Gasteiger partial charge in [0.1, 0.15) is 0 Å². The molecule has 0 heterocycles. The predicted octanol–water partition coefficient (Wildman–Crippen LogP) is 0.374. The molecule has 27 heavy (non-hydrogen) atoms. The minimum Gasteiger partial charge on any atom is -1.00 e. The van der Waals surface area contributed by atoms with Crippen molar-refractivity contribution in [3.8, 4) is 11.1 Å². The van der Waals surface area contributed by atoms with Crippen molar-refractivity contribution in [3.63, 3.8) is 0 Å². The van der Waals surface area contributed by atoms with Gasteiger partial charge in [-0.2, -0.15) is 0 Å². The zero-order chi connectivity index (χ0) is 16.6. The monoisotopic (exact) mass is 562 g/mol. The molecule has 3 heteroatoms. The van der Waals surface area contributed by atoms with Crippen LogP contribution in [0.1, 0.15) is 42.9 Å². The molecular weight excluding hydrogens is 538 g/mol. The predicted molar refractivity (Wildman–Crippen MR) is 103 cm³/mol. The summed E-state index contributed by atoms with van der Waals surface area (Å²) in [5.41, 5.74) is 8.97. The van der Waals surface area contributed by atoms with Crippen LogP contribution in [0.3, 0.4) is 0 Å². The zero-order valence-electron chi connectivity index (χ0n) is 15.6. The largest absolute Gasteiger partial charge is 4.00 e. The average molecular weight is 562 g/mol. The Bertz CT molecular complexity index is 866. The number of rotatable bonds is 5. The standard InChI is InChI=1S/C24H24.2ClH.Hf/c1-3-4-16-24(2,19-11-6-7-12-19)23-15-9-14-21-20-13-8-5-10-18(20)17-22(21)23;;;/h3,5-11,13-15H,1,4,12,16-17H2,2H3;2*1H;/q;;;+4/p-2. The van der Waals surface area contributed by atoms with E-state index in [0.29, 0.717) is 0 Å². The van der Waals surface area contributed by atoms with Crippen molar-refractivity contribution < 1.29 is 50.7 Å². The van der Waals surface area contributed by atoms with Crippen LogP contribution in [0.15, 0.2) is 78.9 Å². The van der Waals surface area contributed by atoms with Crippen molar-refractivity contribution in [1.29, 1.82) is 0 Å². The fraction of sp³-hybridized carbons (Fsp3) is 0.250. The van der Waals surface area contributed by atoms with Gasteiger partial charge in [-0.05, 0) is 53.5 Å². The molecule has 2 aliphatic rings. The average Bonchev–Trinajstić information content (AvgIpc) is 3.27. The molecule has 0 bridgehead atoms. The van der Waals surface area contributed by atoms with E-state index < -0.39 is 0 Å². The summed E-state index contributed by atoms with van der Waals surface area (Å²) in [6, 6.07) is 15.7. The smallest absolute Gasteiger partial charge is 1.00 e. The van der Waals surface area contributed by atoms with E-state index in [4.69, 9.17) is 0 Å². The second-order valence-electron chi connectivity index (χ2n) is 7.15. The molecule has 2 aromatic rings. The maximum Gasteiger partial charge on any atom is 4.00 e. The van der Waals surface area contributed by atoms with Gasteiger partial charge in [-0.3, -0.25) is 0 Å². The SMILES string of the molecule is C=CCCC(C)(C1=CC=CC1)c1cccc2c1Cc1ccccc1-2.[Cl-].[Cl-].[Hf+4]. The molecular formula is C24H24Cl2Hf+2. The second kappa shape index (κ2) is 10.1. The van der Waals surface area contributed by atoms with Crippen molar-refractivity contribution in [1.82, 2.24) is 0 Å². The Morgan fingerprint density at radius 3 is 2.48 bits per heavy atom. The Kier molecular flexibility index (Phi) is 8.99.